The first kappa shape index (κ1) is 36.0. The minimum Gasteiger partial charge on any atom is -0.475 e. The van der Waals surface area contributed by atoms with Crippen molar-refractivity contribution in [2.45, 2.75) is 116 Å². The van der Waals surface area contributed by atoms with E-state index in [-0.39, 0.29) is 17.6 Å². The molecule has 4 aliphatic rings. The highest BCUT2D eigenvalue weighted by atomic mass is 19.4. The first-order valence-electron chi connectivity index (χ1n) is 17.2. The van der Waals surface area contributed by atoms with Gasteiger partial charge in [0, 0.05) is 69.6 Å². The topological polar surface area (TPSA) is 90.4 Å². The molecule has 1 spiro atoms. The van der Waals surface area contributed by atoms with E-state index >= 15 is 0 Å². The molecule has 1 unspecified atom stereocenters. The summed E-state index contributed by atoms with van der Waals surface area (Å²) in [5, 5.41) is 7.12. The molecule has 8 nitrogen and oxygen atoms in total. The van der Waals surface area contributed by atoms with Gasteiger partial charge in [-0.05, 0) is 63.5 Å². The van der Waals surface area contributed by atoms with Gasteiger partial charge in [0.05, 0.1) is 0 Å². The number of aryl methyl sites for hydroxylation is 2. The van der Waals surface area contributed by atoms with Crippen LogP contribution in [0.1, 0.15) is 105 Å². The van der Waals surface area contributed by atoms with Crippen LogP contribution in [0, 0.1) is 25.7 Å². The molecule has 11 heteroatoms. The number of hydrogen-bond acceptors (Lipinski definition) is 5. The predicted molar refractivity (Wildman–Crippen MR) is 170 cm³/mol. The van der Waals surface area contributed by atoms with E-state index in [1.54, 1.807) is 0 Å². The van der Waals surface area contributed by atoms with E-state index in [1.807, 2.05) is 24.0 Å². The van der Waals surface area contributed by atoms with Crippen LogP contribution in [0.2, 0.25) is 0 Å². The van der Waals surface area contributed by atoms with E-state index in [0.717, 1.165) is 82.5 Å². The number of benzene rings is 1. The summed E-state index contributed by atoms with van der Waals surface area (Å²) < 4.78 is 38.2. The summed E-state index contributed by atoms with van der Waals surface area (Å²) >= 11 is 0. The lowest BCUT2D eigenvalue weighted by Crippen LogP contribution is -2.61. The molecule has 3 aliphatic heterocycles. The summed E-state index contributed by atoms with van der Waals surface area (Å²) in [4.78, 5) is 42.1. The Morgan fingerprint density at radius 3 is 2.20 bits per heavy atom. The fourth-order valence-corrected chi connectivity index (χ4v) is 7.90. The number of hydrogen-bond donors (Lipinski definition) is 1. The largest absolute Gasteiger partial charge is 0.490 e. The van der Waals surface area contributed by atoms with Crippen molar-refractivity contribution in [2.24, 2.45) is 11.8 Å². The molecule has 1 aromatic rings. The lowest BCUT2D eigenvalue weighted by molar-refractivity contribution is -0.192. The lowest BCUT2D eigenvalue weighted by atomic mass is 9.75. The maximum absolute atomic E-state index is 13.3. The number of carboxylic acids is 1. The van der Waals surface area contributed by atoms with E-state index in [0.29, 0.717) is 17.9 Å². The molecule has 1 N–H and O–H groups in total. The third-order valence-corrected chi connectivity index (χ3v) is 10.6. The average molecular weight is 652 g/mol. The Labute approximate surface area is 271 Å². The van der Waals surface area contributed by atoms with Crippen molar-refractivity contribution in [1.82, 2.24) is 14.7 Å². The number of halogens is 3. The molecule has 0 bridgehead atoms. The molecule has 0 aromatic heterocycles. The maximum atomic E-state index is 13.3. The van der Waals surface area contributed by atoms with Crippen molar-refractivity contribution in [1.29, 1.82) is 0 Å². The van der Waals surface area contributed by atoms with E-state index < -0.39 is 12.1 Å². The summed E-state index contributed by atoms with van der Waals surface area (Å²) in [6.45, 7) is 11.8. The van der Waals surface area contributed by atoms with Crippen molar-refractivity contribution < 1.29 is 37.4 Å². The Balaban J connectivity index is 0.000000617. The van der Waals surface area contributed by atoms with Gasteiger partial charge < -0.3 is 19.6 Å². The molecule has 3 heterocycles. The Hall–Kier alpha value is -2.82. The zero-order valence-electron chi connectivity index (χ0n) is 27.7. The van der Waals surface area contributed by atoms with Crippen LogP contribution in [0.4, 0.5) is 18.0 Å². The monoisotopic (exact) mass is 651 g/mol. The first-order valence-corrected chi connectivity index (χ1v) is 17.2. The zero-order valence-corrected chi connectivity index (χ0v) is 27.7. The number of carbonyl (C=O) groups excluding carboxylic acids is 2. The fourth-order valence-electron chi connectivity index (χ4n) is 7.90. The number of carbonyl (C=O) groups is 3. The maximum Gasteiger partial charge on any atom is 0.490 e. The minimum atomic E-state index is -5.08. The molecular formula is C35H52F3N3O5. The molecule has 1 atom stereocenters. The van der Waals surface area contributed by atoms with Gasteiger partial charge in [-0.1, -0.05) is 56.7 Å². The van der Waals surface area contributed by atoms with Gasteiger partial charge in [0.1, 0.15) is 5.60 Å². The number of nitrogens with zero attached hydrogens (tertiary/aromatic N) is 3. The van der Waals surface area contributed by atoms with Crippen molar-refractivity contribution >= 4 is 18.0 Å². The molecule has 46 heavy (non-hydrogen) atoms. The molecule has 4 fully saturated rings. The Kier molecular flexibility index (Phi) is 12.4. The van der Waals surface area contributed by atoms with Gasteiger partial charge in [0.2, 0.25) is 0 Å². The van der Waals surface area contributed by atoms with Gasteiger partial charge in [0.25, 0.3) is 5.91 Å². The van der Waals surface area contributed by atoms with Gasteiger partial charge >= 0.3 is 18.2 Å². The van der Waals surface area contributed by atoms with Crippen LogP contribution in [0.25, 0.3) is 0 Å². The average Bonchev–Trinajstić information content (AvgIpc) is 3.02. The lowest BCUT2D eigenvalue weighted by Gasteiger charge is -2.52. The molecule has 3 saturated heterocycles. The standard InChI is InChI=1S/C33H51N3O3.C2HF3O2/c1-4-5-11-28-24-36(23-27-9-7-6-8-10-27)32(38)39-33(28)16-20-34(21-17-33)29-14-18-35(19-15-29)31(37)30-13-12-25(2)22-26(30)3;3-2(4,5)1(6)7/h12-13,22,27-29H,4-11,14-21,23-24H2,1-3H3;(H,6,7). The summed E-state index contributed by atoms with van der Waals surface area (Å²) in [6, 6.07) is 6.64. The summed E-state index contributed by atoms with van der Waals surface area (Å²) in [5.74, 6) is -1.48. The summed E-state index contributed by atoms with van der Waals surface area (Å²) in [6.07, 6.45) is 8.86. The van der Waals surface area contributed by atoms with E-state index in [1.165, 1.54) is 50.5 Å². The van der Waals surface area contributed by atoms with Gasteiger partial charge in [-0.2, -0.15) is 13.2 Å². The van der Waals surface area contributed by atoms with Crippen molar-refractivity contribution in [3.05, 3.63) is 34.9 Å². The number of likely N-dealkylation sites (tertiary alicyclic amines) is 2. The van der Waals surface area contributed by atoms with Gasteiger partial charge in [0.15, 0.2) is 0 Å². The van der Waals surface area contributed by atoms with Crippen molar-refractivity contribution in [3.8, 4) is 0 Å². The zero-order chi connectivity index (χ0) is 33.5. The van der Waals surface area contributed by atoms with E-state index in [4.69, 9.17) is 14.6 Å². The minimum absolute atomic E-state index is 0.0556. The SMILES string of the molecule is CCCCC1CN(CC2CCCCC2)C(=O)OC12CCN(C1CCN(C(=O)c3ccc(C)cc3C)CC1)CC2.O=C(O)C(F)(F)F. The molecule has 1 aliphatic carbocycles. The second kappa shape index (κ2) is 15.8. The molecule has 258 valence electrons. The van der Waals surface area contributed by atoms with Crippen LogP contribution in [0.5, 0.6) is 0 Å². The molecule has 1 saturated carbocycles. The number of ether oxygens (including phenoxy) is 1. The first-order chi connectivity index (χ1) is 21.8. The number of aliphatic carboxylic acids is 1. The second-order valence-electron chi connectivity index (χ2n) is 13.9. The summed E-state index contributed by atoms with van der Waals surface area (Å²) in [5.41, 5.74) is 2.82. The highest BCUT2D eigenvalue weighted by Gasteiger charge is 2.50. The van der Waals surface area contributed by atoms with Crippen LogP contribution in [0.3, 0.4) is 0 Å². The van der Waals surface area contributed by atoms with Crippen LogP contribution < -0.4 is 0 Å². The fraction of sp³-hybridized carbons (Fsp3) is 0.743. The van der Waals surface area contributed by atoms with E-state index in [9.17, 15) is 22.8 Å². The van der Waals surface area contributed by atoms with Gasteiger partial charge in [-0.15, -0.1) is 0 Å². The smallest absolute Gasteiger partial charge is 0.475 e. The van der Waals surface area contributed by atoms with Crippen LogP contribution in [-0.2, 0) is 9.53 Å². The predicted octanol–water partition coefficient (Wildman–Crippen LogP) is 7.21. The van der Waals surface area contributed by atoms with Crippen LogP contribution in [0.15, 0.2) is 18.2 Å². The number of alkyl halides is 3. The Morgan fingerprint density at radius 1 is 1.00 bits per heavy atom. The van der Waals surface area contributed by atoms with Crippen molar-refractivity contribution in [3.63, 3.8) is 0 Å². The second-order valence-corrected chi connectivity index (χ2v) is 13.9. The molecular weight excluding hydrogens is 599 g/mol. The molecule has 5 rings (SSSR count). The summed E-state index contributed by atoms with van der Waals surface area (Å²) in [7, 11) is 0. The number of piperidine rings is 2. The quantitative estimate of drug-likeness (QED) is 0.335. The number of amides is 2. The molecule has 0 radical (unpaired) electrons. The highest BCUT2D eigenvalue weighted by Crippen LogP contribution is 2.42. The normalized spacial score (nSPS) is 23.1. The Morgan fingerprint density at radius 2 is 1.63 bits per heavy atom. The third-order valence-electron chi connectivity index (χ3n) is 10.6. The number of unbranched alkanes of at least 4 members (excludes halogenated alkanes) is 1. The van der Waals surface area contributed by atoms with Gasteiger partial charge in [-0.3, -0.25) is 9.69 Å². The Bertz CT molecular complexity index is 1190. The highest BCUT2D eigenvalue weighted by molar-refractivity contribution is 5.95. The van der Waals surface area contributed by atoms with Crippen LogP contribution >= 0.6 is 0 Å². The van der Waals surface area contributed by atoms with E-state index in [2.05, 4.69) is 29.7 Å². The van der Waals surface area contributed by atoms with Gasteiger partial charge in [-0.25, -0.2) is 9.59 Å². The third kappa shape index (κ3) is 9.16. The molecule has 1 aromatic carbocycles. The molecule has 2 amide bonds. The number of carboxylic acid groups (broad SMARTS) is 1. The van der Waals surface area contributed by atoms with Crippen LogP contribution in [-0.4, -0.2) is 94.9 Å². The van der Waals surface area contributed by atoms with Crippen molar-refractivity contribution in [2.75, 3.05) is 39.3 Å². The number of rotatable bonds is 7.